The highest BCUT2D eigenvalue weighted by atomic mass is 35.5. The lowest BCUT2D eigenvalue weighted by Gasteiger charge is -2.11. The van der Waals surface area contributed by atoms with Gasteiger partial charge in [-0.25, -0.2) is 4.39 Å². The van der Waals surface area contributed by atoms with E-state index in [4.69, 9.17) is 11.6 Å². The van der Waals surface area contributed by atoms with Gasteiger partial charge in [0.05, 0.1) is 11.1 Å². The molecule has 1 aromatic heterocycles. The number of pyridine rings is 1. The zero-order valence-electron chi connectivity index (χ0n) is 9.90. The van der Waals surface area contributed by atoms with Gasteiger partial charge in [0, 0.05) is 18.3 Å². The number of nitrogens with zero attached hydrogens (tertiary/aromatic N) is 1. The average molecular weight is 266 g/mol. The van der Waals surface area contributed by atoms with Crippen LogP contribution >= 0.6 is 11.6 Å². The fourth-order valence-corrected chi connectivity index (χ4v) is 1.77. The van der Waals surface area contributed by atoms with E-state index in [9.17, 15) is 9.50 Å². The van der Waals surface area contributed by atoms with Crippen molar-refractivity contribution in [3.8, 4) is 0 Å². The molecule has 2 rings (SSSR count). The number of halogens is 2. The fraction of sp³-hybridized carbons (Fsp3) is 0.214. The Kier molecular flexibility index (Phi) is 3.94. The van der Waals surface area contributed by atoms with E-state index in [0.717, 1.165) is 11.3 Å². The number of hydrogen-bond acceptors (Lipinski definition) is 2. The van der Waals surface area contributed by atoms with Gasteiger partial charge in [-0.15, -0.1) is 0 Å². The van der Waals surface area contributed by atoms with Gasteiger partial charge in [-0.2, -0.15) is 0 Å². The van der Waals surface area contributed by atoms with E-state index in [1.807, 2.05) is 19.1 Å². The molecule has 0 amide bonds. The van der Waals surface area contributed by atoms with Gasteiger partial charge < -0.3 is 5.11 Å². The Hall–Kier alpha value is -1.45. The standard InChI is InChI=1S/C14H13ClFNO/c1-9-2-4-11(17-8-9)7-14(18)10-3-5-12(15)13(16)6-10/h2-6,8,14,18H,7H2,1H3. The van der Waals surface area contributed by atoms with E-state index >= 15 is 0 Å². The molecule has 0 bridgehead atoms. The molecule has 2 nitrogen and oxygen atoms in total. The van der Waals surface area contributed by atoms with Crippen LogP contribution in [0.25, 0.3) is 0 Å². The SMILES string of the molecule is Cc1ccc(CC(O)c2ccc(Cl)c(F)c2)nc1. The third kappa shape index (κ3) is 3.06. The highest BCUT2D eigenvalue weighted by molar-refractivity contribution is 6.30. The highest BCUT2D eigenvalue weighted by Crippen LogP contribution is 2.22. The number of aliphatic hydroxyl groups is 1. The van der Waals surface area contributed by atoms with Crippen molar-refractivity contribution in [3.05, 3.63) is 64.2 Å². The quantitative estimate of drug-likeness (QED) is 0.922. The van der Waals surface area contributed by atoms with Crippen LogP contribution in [0.3, 0.4) is 0 Å². The molecule has 1 unspecified atom stereocenters. The van der Waals surface area contributed by atoms with Gasteiger partial charge in [-0.1, -0.05) is 23.7 Å². The molecule has 0 spiro atoms. The Balaban J connectivity index is 2.13. The van der Waals surface area contributed by atoms with Crippen molar-refractivity contribution in [1.82, 2.24) is 4.98 Å². The van der Waals surface area contributed by atoms with Crippen LogP contribution in [0.15, 0.2) is 36.5 Å². The van der Waals surface area contributed by atoms with Gasteiger partial charge in [0.15, 0.2) is 0 Å². The molecule has 0 saturated heterocycles. The Labute approximate surface area is 110 Å². The molecule has 1 N–H and O–H groups in total. The molecule has 18 heavy (non-hydrogen) atoms. The Morgan fingerprint density at radius 1 is 1.33 bits per heavy atom. The summed E-state index contributed by atoms with van der Waals surface area (Å²) in [5.74, 6) is -0.523. The van der Waals surface area contributed by atoms with Crippen molar-refractivity contribution in [3.63, 3.8) is 0 Å². The molecule has 0 radical (unpaired) electrons. The van der Waals surface area contributed by atoms with E-state index in [1.54, 1.807) is 12.3 Å². The number of hydrogen-bond donors (Lipinski definition) is 1. The summed E-state index contributed by atoms with van der Waals surface area (Å²) in [6.45, 7) is 1.95. The molecule has 0 aliphatic carbocycles. The second-order valence-corrected chi connectivity index (χ2v) is 4.63. The Bertz CT molecular complexity index is 542. The van der Waals surface area contributed by atoms with Gasteiger partial charge >= 0.3 is 0 Å². The lowest BCUT2D eigenvalue weighted by molar-refractivity contribution is 0.177. The number of aromatic nitrogens is 1. The summed E-state index contributed by atoms with van der Waals surface area (Å²) < 4.78 is 13.3. The number of aryl methyl sites for hydroxylation is 1. The number of rotatable bonds is 3. The van der Waals surface area contributed by atoms with Gasteiger partial charge in [0.25, 0.3) is 0 Å². The van der Waals surface area contributed by atoms with Gasteiger partial charge in [-0.05, 0) is 36.2 Å². The summed E-state index contributed by atoms with van der Waals surface area (Å²) in [4.78, 5) is 4.20. The summed E-state index contributed by atoms with van der Waals surface area (Å²) in [5, 5.41) is 10.1. The lowest BCUT2D eigenvalue weighted by atomic mass is 10.0. The van der Waals surface area contributed by atoms with E-state index in [-0.39, 0.29) is 5.02 Å². The van der Waals surface area contributed by atoms with Crippen molar-refractivity contribution in [2.24, 2.45) is 0 Å². The van der Waals surface area contributed by atoms with Crippen LogP contribution in [0.4, 0.5) is 4.39 Å². The molecule has 94 valence electrons. The molecular weight excluding hydrogens is 253 g/mol. The van der Waals surface area contributed by atoms with E-state index in [0.29, 0.717) is 12.0 Å². The number of aliphatic hydroxyl groups excluding tert-OH is 1. The minimum absolute atomic E-state index is 0.0550. The number of benzene rings is 1. The molecule has 1 aromatic carbocycles. The third-order valence-corrected chi connectivity index (χ3v) is 3.01. The minimum Gasteiger partial charge on any atom is -0.388 e. The van der Waals surface area contributed by atoms with E-state index < -0.39 is 11.9 Å². The first-order valence-corrected chi connectivity index (χ1v) is 5.98. The first-order valence-electron chi connectivity index (χ1n) is 5.61. The van der Waals surface area contributed by atoms with Crippen molar-refractivity contribution in [2.75, 3.05) is 0 Å². The zero-order valence-corrected chi connectivity index (χ0v) is 10.7. The van der Waals surface area contributed by atoms with Crippen LogP contribution in [0.1, 0.15) is 22.9 Å². The third-order valence-electron chi connectivity index (χ3n) is 2.70. The zero-order chi connectivity index (χ0) is 13.1. The molecule has 0 fully saturated rings. The first-order chi connectivity index (χ1) is 8.56. The van der Waals surface area contributed by atoms with Crippen LogP contribution in [-0.4, -0.2) is 10.1 Å². The molecule has 0 aliphatic rings. The monoisotopic (exact) mass is 265 g/mol. The first kappa shape index (κ1) is 13.0. The van der Waals surface area contributed by atoms with Crippen LogP contribution in [-0.2, 0) is 6.42 Å². The topological polar surface area (TPSA) is 33.1 Å². The molecule has 1 atom stereocenters. The maximum absolute atomic E-state index is 13.3. The van der Waals surface area contributed by atoms with Gasteiger partial charge in [-0.3, -0.25) is 4.98 Å². The summed E-state index contributed by atoms with van der Waals surface area (Å²) in [6.07, 6.45) is 1.30. The second-order valence-electron chi connectivity index (χ2n) is 4.22. The molecular formula is C14H13ClFNO. The van der Waals surface area contributed by atoms with Crippen molar-refractivity contribution >= 4 is 11.6 Å². The normalized spacial score (nSPS) is 12.4. The molecule has 1 heterocycles. The Morgan fingerprint density at radius 3 is 2.72 bits per heavy atom. The van der Waals surface area contributed by atoms with Crippen molar-refractivity contribution in [1.29, 1.82) is 0 Å². The molecule has 4 heteroatoms. The van der Waals surface area contributed by atoms with Crippen LogP contribution in [0.2, 0.25) is 5.02 Å². The van der Waals surface area contributed by atoms with Crippen LogP contribution < -0.4 is 0 Å². The minimum atomic E-state index is -0.785. The summed E-state index contributed by atoms with van der Waals surface area (Å²) in [6, 6.07) is 8.09. The van der Waals surface area contributed by atoms with Crippen LogP contribution in [0.5, 0.6) is 0 Å². The predicted molar refractivity (Wildman–Crippen MR) is 69.0 cm³/mol. The molecule has 2 aromatic rings. The van der Waals surface area contributed by atoms with Gasteiger partial charge in [0.2, 0.25) is 0 Å². The van der Waals surface area contributed by atoms with Crippen molar-refractivity contribution < 1.29 is 9.50 Å². The second kappa shape index (κ2) is 5.46. The van der Waals surface area contributed by atoms with Gasteiger partial charge in [0.1, 0.15) is 5.82 Å². The largest absolute Gasteiger partial charge is 0.388 e. The molecule has 0 aliphatic heterocycles. The highest BCUT2D eigenvalue weighted by Gasteiger charge is 2.11. The smallest absolute Gasteiger partial charge is 0.142 e. The summed E-state index contributed by atoms with van der Waals surface area (Å²) in [7, 11) is 0. The molecule has 0 saturated carbocycles. The van der Waals surface area contributed by atoms with E-state index in [1.165, 1.54) is 12.1 Å². The summed E-state index contributed by atoms with van der Waals surface area (Å²) in [5.41, 5.74) is 2.33. The van der Waals surface area contributed by atoms with Crippen molar-refractivity contribution in [2.45, 2.75) is 19.4 Å². The maximum Gasteiger partial charge on any atom is 0.142 e. The fourth-order valence-electron chi connectivity index (χ4n) is 1.65. The summed E-state index contributed by atoms with van der Waals surface area (Å²) >= 11 is 5.59. The average Bonchev–Trinajstić information content (AvgIpc) is 2.35. The van der Waals surface area contributed by atoms with E-state index in [2.05, 4.69) is 4.98 Å². The maximum atomic E-state index is 13.3. The predicted octanol–water partition coefficient (Wildman–Crippen LogP) is 3.46. The lowest BCUT2D eigenvalue weighted by Crippen LogP contribution is -2.04. The Morgan fingerprint density at radius 2 is 2.11 bits per heavy atom. The van der Waals surface area contributed by atoms with Crippen LogP contribution in [0, 0.1) is 12.7 Å².